The third-order valence-electron chi connectivity index (χ3n) is 3.73. The molecule has 0 saturated carbocycles. The number of carbonyl (C=O) groups excluding carboxylic acids is 1. The Morgan fingerprint density at radius 2 is 2.36 bits per heavy atom. The quantitative estimate of drug-likeness (QED) is 0.903. The van der Waals surface area contributed by atoms with Crippen molar-refractivity contribution in [3.63, 3.8) is 0 Å². The van der Waals surface area contributed by atoms with Crippen LogP contribution in [0.25, 0.3) is 5.69 Å². The molecule has 1 saturated heterocycles. The van der Waals surface area contributed by atoms with E-state index in [2.05, 4.69) is 10.4 Å². The lowest BCUT2D eigenvalue weighted by Gasteiger charge is -2.19. The Morgan fingerprint density at radius 3 is 3.05 bits per heavy atom. The SMILES string of the molecule is Cc1c(NC(=O)C2(O)CCSC2)cnn1-c1cccc(Cl)c1. The van der Waals surface area contributed by atoms with Crippen LogP contribution in [0.4, 0.5) is 5.69 Å². The number of anilines is 1. The van der Waals surface area contributed by atoms with Crippen LogP contribution in [0.15, 0.2) is 30.5 Å². The Labute approximate surface area is 137 Å². The van der Waals surface area contributed by atoms with Gasteiger partial charge in [0.15, 0.2) is 5.60 Å². The molecule has 1 aliphatic heterocycles. The summed E-state index contributed by atoms with van der Waals surface area (Å²) in [6, 6.07) is 7.32. The molecule has 1 aromatic heterocycles. The lowest BCUT2D eigenvalue weighted by molar-refractivity contribution is -0.131. The number of benzene rings is 1. The van der Waals surface area contributed by atoms with E-state index in [1.165, 1.54) is 0 Å². The minimum absolute atomic E-state index is 0.369. The molecule has 2 N–H and O–H groups in total. The number of aliphatic hydroxyl groups is 1. The number of aromatic nitrogens is 2. The summed E-state index contributed by atoms with van der Waals surface area (Å²) in [4.78, 5) is 12.3. The predicted octanol–water partition coefficient (Wildman–Crippen LogP) is 2.64. The zero-order valence-corrected chi connectivity index (χ0v) is 13.6. The van der Waals surface area contributed by atoms with Gasteiger partial charge in [0.25, 0.3) is 5.91 Å². The van der Waals surface area contributed by atoms with Crippen LogP contribution in [0.2, 0.25) is 5.02 Å². The summed E-state index contributed by atoms with van der Waals surface area (Å²) in [6.07, 6.45) is 2.06. The Morgan fingerprint density at radius 1 is 1.55 bits per heavy atom. The average Bonchev–Trinajstić information content (AvgIpc) is 3.07. The van der Waals surface area contributed by atoms with E-state index in [0.29, 0.717) is 22.9 Å². The zero-order valence-electron chi connectivity index (χ0n) is 12.0. The molecule has 3 rings (SSSR count). The molecule has 1 aromatic carbocycles. The summed E-state index contributed by atoms with van der Waals surface area (Å²) in [5, 5.41) is 18.0. The molecular weight excluding hydrogens is 322 g/mol. The number of hydrogen-bond acceptors (Lipinski definition) is 4. The molecule has 1 aliphatic rings. The standard InChI is InChI=1S/C15H16ClN3O2S/c1-10-13(18-14(20)15(21)5-6-22-9-15)8-17-19(10)12-4-2-3-11(16)7-12/h2-4,7-8,21H,5-6,9H2,1H3,(H,18,20). The van der Waals surface area contributed by atoms with Gasteiger partial charge in [0, 0.05) is 10.8 Å². The highest BCUT2D eigenvalue weighted by Crippen LogP contribution is 2.29. The van der Waals surface area contributed by atoms with E-state index < -0.39 is 5.60 Å². The maximum Gasteiger partial charge on any atom is 0.257 e. The second kappa shape index (κ2) is 5.95. The van der Waals surface area contributed by atoms with Crippen LogP contribution in [0, 0.1) is 6.92 Å². The van der Waals surface area contributed by atoms with Crippen LogP contribution >= 0.6 is 23.4 Å². The molecule has 22 heavy (non-hydrogen) atoms. The van der Waals surface area contributed by atoms with Crippen LogP contribution in [0.5, 0.6) is 0 Å². The molecule has 1 unspecified atom stereocenters. The topological polar surface area (TPSA) is 67.2 Å². The number of nitrogens with one attached hydrogen (secondary N) is 1. The number of nitrogens with zero attached hydrogens (tertiary/aromatic N) is 2. The highest BCUT2D eigenvalue weighted by atomic mass is 35.5. The third kappa shape index (κ3) is 2.86. The number of halogens is 1. The monoisotopic (exact) mass is 337 g/mol. The van der Waals surface area contributed by atoms with Crippen molar-refractivity contribution in [2.45, 2.75) is 18.9 Å². The van der Waals surface area contributed by atoms with Crippen LogP contribution in [-0.2, 0) is 4.79 Å². The third-order valence-corrected chi connectivity index (χ3v) is 5.14. The predicted molar refractivity (Wildman–Crippen MR) is 88.8 cm³/mol. The van der Waals surface area contributed by atoms with Crippen LogP contribution in [-0.4, -0.2) is 37.9 Å². The van der Waals surface area contributed by atoms with Crippen molar-refractivity contribution in [2.24, 2.45) is 0 Å². The average molecular weight is 338 g/mol. The molecule has 1 amide bonds. The number of thioether (sulfide) groups is 1. The van der Waals surface area contributed by atoms with E-state index in [1.807, 2.05) is 19.1 Å². The molecule has 2 aromatic rings. The van der Waals surface area contributed by atoms with Gasteiger partial charge < -0.3 is 10.4 Å². The second-order valence-electron chi connectivity index (χ2n) is 5.32. The van der Waals surface area contributed by atoms with E-state index in [1.54, 1.807) is 34.8 Å². The van der Waals surface area contributed by atoms with Gasteiger partial charge in [-0.3, -0.25) is 4.79 Å². The minimum atomic E-state index is -1.28. The molecular formula is C15H16ClN3O2S. The molecule has 1 atom stereocenters. The molecule has 1 fully saturated rings. The molecule has 5 nitrogen and oxygen atoms in total. The summed E-state index contributed by atoms with van der Waals surface area (Å²) in [6.45, 7) is 1.86. The smallest absolute Gasteiger partial charge is 0.257 e. The highest BCUT2D eigenvalue weighted by molar-refractivity contribution is 7.99. The van der Waals surface area contributed by atoms with Gasteiger partial charge in [0.05, 0.1) is 23.3 Å². The summed E-state index contributed by atoms with van der Waals surface area (Å²) in [5.74, 6) is 0.858. The largest absolute Gasteiger partial charge is 0.379 e. The maximum absolute atomic E-state index is 12.3. The van der Waals surface area contributed by atoms with Crippen molar-refractivity contribution in [1.29, 1.82) is 0 Å². The fraction of sp³-hybridized carbons (Fsp3) is 0.333. The molecule has 0 spiro atoms. The van der Waals surface area contributed by atoms with Crippen molar-refractivity contribution in [1.82, 2.24) is 9.78 Å². The Bertz CT molecular complexity index is 711. The van der Waals surface area contributed by atoms with Crippen molar-refractivity contribution in [3.05, 3.63) is 41.2 Å². The Balaban J connectivity index is 1.83. The first-order chi connectivity index (χ1) is 10.5. The van der Waals surface area contributed by atoms with E-state index in [0.717, 1.165) is 17.1 Å². The maximum atomic E-state index is 12.3. The van der Waals surface area contributed by atoms with E-state index >= 15 is 0 Å². The van der Waals surface area contributed by atoms with Crippen molar-refractivity contribution in [2.75, 3.05) is 16.8 Å². The van der Waals surface area contributed by atoms with Gasteiger partial charge >= 0.3 is 0 Å². The van der Waals surface area contributed by atoms with Crippen molar-refractivity contribution < 1.29 is 9.90 Å². The Hall–Kier alpha value is -1.50. The first-order valence-corrected chi connectivity index (χ1v) is 8.45. The van der Waals surface area contributed by atoms with Crippen LogP contribution < -0.4 is 5.32 Å². The van der Waals surface area contributed by atoms with Gasteiger partial charge in [-0.2, -0.15) is 16.9 Å². The molecule has 0 bridgehead atoms. The number of carbonyl (C=O) groups is 1. The van der Waals surface area contributed by atoms with Crippen LogP contribution in [0.3, 0.4) is 0 Å². The first kappa shape index (κ1) is 15.4. The van der Waals surface area contributed by atoms with Crippen molar-refractivity contribution >= 4 is 35.0 Å². The highest BCUT2D eigenvalue weighted by Gasteiger charge is 2.39. The second-order valence-corrected chi connectivity index (χ2v) is 6.87. The van der Waals surface area contributed by atoms with Gasteiger partial charge in [0.2, 0.25) is 0 Å². The van der Waals surface area contributed by atoms with Gasteiger partial charge in [-0.25, -0.2) is 4.68 Å². The van der Waals surface area contributed by atoms with Gasteiger partial charge in [0.1, 0.15) is 0 Å². The summed E-state index contributed by atoms with van der Waals surface area (Å²) < 4.78 is 1.70. The van der Waals surface area contributed by atoms with Crippen LogP contribution in [0.1, 0.15) is 12.1 Å². The molecule has 0 radical (unpaired) electrons. The number of hydrogen-bond donors (Lipinski definition) is 2. The molecule has 116 valence electrons. The number of rotatable bonds is 3. The molecule has 7 heteroatoms. The molecule has 0 aliphatic carbocycles. The first-order valence-electron chi connectivity index (χ1n) is 6.92. The van der Waals surface area contributed by atoms with E-state index in [-0.39, 0.29) is 5.91 Å². The lowest BCUT2D eigenvalue weighted by atomic mass is 10.0. The Kier molecular flexibility index (Phi) is 4.16. The fourth-order valence-corrected chi connectivity index (χ4v) is 3.80. The normalized spacial score (nSPS) is 21.0. The summed E-state index contributed by atoms with van der Waals surface area (Å²) >= 11 is 7.58. The van der Waals surface area contributed by atoms with E-state index in [9.17, 15) is 9.90 Å². The summed E-state index contributed by atoms with van der Waals surface area (Å²) in [5.41, 5.74) is 0.913. The van der Waals surface area contributed by atoms with Gasteiger partial charge in [-0.15, -0.1) is 0 Å². The fourth-order valence-electron chi connectivity index (χ4n) is 2.37. The summed E-state index contributed by atoms with van der Waals surface area (Å²) in [7, 11) is 0. The van der Waals surface area contributed by atoms with E-state index in [4.69, 9.17) is 11.6 Å². The van der Waals surface area contributed by atoms with Gasteiger partial charge in [-0.05, 0) is 37.3 Å². The zero-order chi connectivity index (χ0) is 15.7. The minimum Gasteiger partial charge on any atom is -0.379 e. The number of amides is 1. The van der Waals surface area contributed by atoms with Gasteiger partial charge in [-0.1, -0.05) is 17.7 Å². The van der Waals surface area contributed by atoms with Crippen molar-refractivity contribution in [3.8, 4) is 5.69 Å². The molecule has 2 heterocycles. The lowest BCUT2D eigenvalue weighted by Crippen LogP contribution is -2.42.